The second kappa shape index (κ2) is 15.7. The van der Waals surface area contributed by atoms with Crippen molar-refractivity contribution in [3.8, 4) is 5.75 Å². The van der Waals surface area contributed by atoms with Crippen molar-refractivity contribution in [1.29, 1.82) is 0 Å². The van der Waals surface area contributed by atoms with E-state index in [9.17, 15) is 22.4 Å². The van der Waals surface area contributed by atoms with Crippen LogP contribution in [0.2, 0.25) is 5.02 Å². The van der Waals surface area contributed by atoms with Gasteiger partial charge in [-0.25, -0.2) is 12.8 Å². The van der Waals surface area contributed by atoms with E-state index in [1.807, 2.05) is 51.1 Å². The Morgan fingerprint density at radius 2 is 1.50 bits per heavy atom. The van der Waals surface area contributed by atoms with Crippen molar-refractivity contribution in [1.82, 2.24) is 10.2 Å². The van der Waals surface area contributed by atoms with Crippen LogP contribution in [0.3, 0.4) is 0 Å². The monoisotopic (exact) mass is 665 g/mol. The quantitative estimate of drug-likeness (QED) is 0.172. The fourth-order valence-corrected chi connectivity index (χ4v) is 6.40. The Bertz CT molecular complexity index is 1700. The highest BCUT2D eigenvalue weighted by molar-refractivity contribution is 7.92. The third-order valence-electron chi connectivity index (χ3n) is 7.08. The van der Waals surface area contributed by atoms with Crippen molar-refractivity contribution in [2.24, 2.45) is 0 Å². The summed E-state index contributed by atoms with van der Waals surface area (Å²) >= 11 is 6.12. The van der Waals surface area contributed by atoms with Crippen LogP contribution in [0.1, 0.15) is 31.9 Å². The topological polar surface area (TPSA) is 96.0 Å². The van der Waals surface area contributed by atoms with Gasteiger partial charge in [0.2, 0.25) is 11.8 Å². The first-order valence-electron chi connectivity index (χ1n) is 14.9. The molecule has 2 amide bonds. The molecule has 0 unspecified atom stereocenters. The van der Waals surface area contributed by atoms with Crippen molar-refractivity contribution in [3.05, 3.63) is 125 Å². The smallest absolute Gasteiger partial charge is 0.264 e. The lowest BCUT2D eigenvalue weighted by Gasteiger charge is -2.34. The van der Waals surface area contributed by atoms with Crippen molar-refractivity contribution in [2.75, 3.05) is 17.5 Å². The number of ether oxygens (including phenoxy) is 1. The predicted molar refractivity (Wildman–Crippen MR) is 178 cm³/mol. The first kappa shape index (κ1) is 34.5. The van der Waals surface area contributed by atoms with Gasteiger partial charge in [-0.1, -0.05) is 54.1 Å². The standard InChI is InChI=1S/C35H37ClFN3O5S/c1-4-45-31-18-20-32(21-19-31)46(43,44)40(30-16-14-29(37)15-17-30)24-34(41)39(23-27-10-12-28(36)13-11-27)33(35(42)38-25(2)3)22-26-8-6-5-7-9-26/h5-21,25,33H,4,22-24H2,1-3H3,(H,38,42)/t33-/m1/s1. The molecular formula is C35H37ClFN3O5S. The molecule has 0 saturated heterocycles. The van der Waals surface area contributed by atoms with Crippen LogP contribution in [-0.4, -0.2) is 50.4 Å². The Hall–Kier alpha value is -4.41. The van der Waals surface area contributed by atoms with E-state index in [1.54, 1.807) is 24.3 Å². The van der Waals surface area contributed by atoms with Crippen molar-refractivity contribution in [2.45, 2.75) is 50.7 Å². The van der Waals surface area contributed by atoms with Gasteiger partial charge in [0.1, 0.15) is 24.2 Å². The van der Waals surface area contributed by atoms with Crippen molar-refractivity contribution < 1.29 is 27.1 Å². The second-order valence-electron chi connectivity index (χ2n) is 10.9. The van der Waals surface area contributed by atoms with E-state index >= 15 is 0 Å². The summed E-state index contributed by atoms with van der Waals surface area (Å²) in [6.45, 7) is 5.20. The van der Waals surface area contributed by atoms with Crippen LogP contribution in [-0.2, 0) is 32.6 Å². The highest BCUT2D eigenvalue weighted by Gasteiger charge is 2.35. The summed E-state index contributed by atoms with van der Waals surface area (Å²) in [6.07, 6.45) is 0.181. The number of hydrogen-bond acceptors (Lipinski definition) is 5. The van der Waals surface area contributed by atoms with Crippen LogP contribution in [0.15, 0.2) is 108 Å². The average Bonchev–Trinajstić information content (AvgIpc) is 3.03. The van der Waals surface area contributed by atoms with Gasteiger partial charge in [0.15, 0.2) is 0 Å². The molecule has 46 heavy (non-hydrogen) atoms. The maximum atomic E-state index is 14.4. The summed E-state index contributed by atoms with van der Waals surface area (Å²) in [7, 11) is -4.34. The Kier molecular flexibility index (Phi) is 11.8. The molecule has 0 aliphatic rings. The largest absolute Gasteiger partial charge is 0.494 e. The van der Waals surface area contributed by atoms with Crippen LogP contribution in [0, 0.1) is 5.82 Å². The van der Waals surface area contributed by atoms with Gasteiger partial charge in [-0.2, -0.15) is 0 Å². The number of anilines is 1. The molecule has 1 N–H and O–H groups in total. The van der Waals surface area contributed by atoms with Crippen LogP contribution >= 0.6 is 11.6 Å². The van der Waals surface area contributed by atoms with Crippen LogP contribution in [0.4, 0.5) is 10.1 Å². The maximum Gasteiger partial charge on any atom is 0.264 e. The predicted octanol–water partition coefficient (Wildman–Crippen LogP) is 6.24. The number of halogens is 2. The summed E-state index contributed by atoms with van der Waals surface area (Å²) in [4.78, 5) is 29.5. The van der Waals surface area contributed by atoms with Crippen LogP contribution < -0.4 is 14.4 Å². The fourth-order valence-electron chi connectivity index (χ4n) is 4.86. The van der Waals surface area contributed by atoms with E-state index in [1.165, 1.54) is 41.3 Å². The van der Waals surface area contributed by atoms with E-state index < -0.39 is 34.3 Å². The zero-order chi connectivity index (χ0) is 33.3. The fraction of sp³-hybridized carbons (Fsp3) is 0.257. The second-order valence-corrected chi connectivity index (χ2v) is 13.2. The van der Waals surface area contributed by atoms with E-state index in [0.717, 1.165) is 22.0 Å². The highest BCUT2D eigenvalue weighted by Crippen LogP contribution is 2.27. The molecule has 8 nitrogen and oxygen atoms in total. The molecule has 242 valence electrons. The number of amides is 2. The summed E-state index contributed by atoms with van der Waals surface area (Å²) in [6, 6.07) is 25.6. The Morgan fingerprint density at radius 1 is 0.870 bits per heavy atom. The van der Waals surface area contributed by atoms with Gasteiger partial charge in [-0.05, 0) is 92.6 Å². The molecule has 4 aromatic rings. The molecule has 11 heteroatoms. The summed E-state index contributed by atoms with van der Waals surface area (Å²) in [5, 5.41) is 3.42. The number of carbonyl (C=O) groups excluding carboxylic acids is 2. The molecule has 1 atom stereocenters. The van der Waals surface area contributed by atoms with Gasteiger partial charge in [0.25, 0.3) is 10.0 Å². The lowest BCUT2D eigenvalue weighted by Crippen LogP contribution is -2.54. The molecule has 0 fully saturated rings. The molecule has 0 spiro atoms. The highest BCUT2D eigenvalue weighted by atomic mass is 35.5. The summed E-state index contributed by atoms with van der Waals surface area (Å²) < 4.78 is 48.5. The lowest BCUT2D eigenvalue weighted by molar-refractivity contribution is -0.140. The number of benzene rings is 4. The van der Waals surface area contributed by atoms with E-state index in [0.29, 0.717) is 22.9 Å². The van der Waals surface area contributed by atoms with Gasteiger partial charge in [-0.15, -0.1) is 0 Å². The van der Waals surface area contributed by atoms with Crippen LogP contribution in [0.25, 0.3) is 0 Å². The summed E-state index contributed by atoms with van der Waals surface area (Å²) in [5.74, 6) is -1.09. The summed E-state index contributed by atoms with van der Waals surface area (Å²) in [5.41, 5.74) is 1.59. The molecule has 0 aliphatic carbocycles. The molecule has 0 saturated carbocycles. The number of hydrogen-bond donors (Lipinski definition) is 1. The van der Waals surface area contributed by atoms with Crippen molar-refractivity contribution >= 4 is 39.1 Å². The molecule has 0 bridgehead atoms. The zero-order valence-electron chi connectivity index (χ0n) is 25.9. The number of carbonyl (C=O) groups is 2. The number of sulfonamides is 1. The van der Waals surface area contributed by atoms with Crippen LogP contribution in [0.5, 0.6) is 5.75 Å². The Morgan fingerprint density at radius 3 is 2.09 bits per heavy atom. The Balaban J connectivity index is 1.79. The van der Waals surface area contributed by atoms with Gasteiger partial charge in [0.05, 0.1) is 17.2 Å². The average molecular weight is 666 g/mol. The molecule has 4 rings (SSSR count). The number of nitrogens with zero attached hydrogens (tertiary/aromatic N) is 2. The van der Waals surface area contributed by atoms with E-state index in [-0.39, 0.29) is 35.5 Å². The van der Waals surface area contributed by atoms with Gasteiger partial charge in [0, 0.05) is 24.0 Å². The Labute approximate surface area is 274 Å². The van der Waals surface area contributed by atoms with E-state index in [2.05, 4.69) is 5.32 Å². The number of rotatable bonds is 14. The normalized spacial score (nSPS) is 12.0. The molecule has 0 aliphatic heterocycles. The molecule has 0 heterocycles. The number of nitrogens with one attached hydrogen (secondary N) is 1. The minimum absolute atomic E-state index is 0.000618. The molecule has 4 aromatic carbocycles. The van der Waals surface area contributed by atoms with Gasteiger partial charge < -0.3 is 15.0 Å². The third kappa shape index (κ3) is 9.08. The first-order chi connectivity index (χ1) is 22.0. The zero-order valence-corrected chi connectivity index (χ0v) is 27.5. The minimum atomic E-state index is -4.34. The maximum absolute atomic E-state index is 14.4. The third-order valence-corrected chi connectivity index (χ3v) is 9.12. The van der Waals surface area contributed by atoms with Crippen molar-refractivity contribution in [3.63, 3.8) is 0 Å². The van der Waals surface area contributed by atoms with Gasteiger partial charge in [-0.3, -0.25) is 13.9 Å². The SMILES string of the molecule is CCOc1ccc(S(=O)(=O)N(CC(=O)N(Cc2ccc(Cl)cc2)[C@H](Cc2ccccc2)C(=O)NC(C)C)c2ccc(F)cc2)cc1. The molecule has 0 radical (unpaired) electrons. The molecular weight excluding hydrogens is 629 g/mol. The minimum Gasteiger partial charge on any atom is -0.494 e. The molecule has 0 aromatic heterocycles. The van der Waals surface area contributed by atoms with Gasteiger partial charge >= 0.3 is 0 Å². The van der Waals surface area contributed by atoms with E-state index in [4.69, 9.17) is 16.3 Å². The first-order valence-corrected chi connectivity index (χ1v) is 16.7. The lowest BCUT2D eigenvalue weighted by atomic mass is 10.0.